The van der Waals surface area contributed by atoms with Crippen LogP contribution in [0.3, 0.4) is 0 Å². The normalized spacial score (nSPS) is 16.2. The van der Waals surface area contributed by atoms with Crippen LogP contribution < -0.4 is 10.6 Å². The number of amides is 1. The van der Waals surface area contributed by atoms with Gasteiger partial charge in [-0.1, -0.05) is 31.5 Å². The molecule has 0 saturated carbocycles. The summed E-state index contributed by atoms with van der Waals surface area (Å²) >= 11 is 0. The zero-order valence-electron chi connectivity index (χ0n) is 11.1. The van der Waals surface area contributed by atoms with Crippen LogP contribution in [-0.2, 0) is 11.2 Å². The Morgan fingerprint density at radius 2 is 2.22 bits per heavy atom. The van der Waals surface area contributed by atoms with E-state index >= 15 is 0 Å². The Bertz CT molecular complexity index is 413. The van der Waals surface area contributed by atoms with Crippen LogP contribution in [0.4, 0.5) is 5.69 Å². The van der Waals surface area contributed by atoms with Crippen LogP contribution in [0.25, 0.3) is 0 Å². The fourth-order valence-corrected chi connectivity index (χ4v) is 2.54. The summed E-state index contributed by atoms with van der Waals surface area (Å²) in [6, 6.07) is 8.22. The van der Waals surface area contributed by atoms with Crippen LogP contribution in [0.15, 0.2) is 24.3 Å². The molecule has 1 aliphatic heterocycles. The molecule has 1 aliphatic rings. The minimum absolute atomic E-state index is 0.222. The van der Waals surface area contributed by atoms with Gasteiger partial charge >= 0.3 is 0 Å². The molecule has 2 rings (SSSR count). The summed E-state index contributed by atoms with van der Waals surface area (Å²) in [6.07, 6.45) is 3.68. The van der Waals surface area contributed by atoms with Gasteiger partial charge in [-0.3, -0.25) is 4.79 Å². The monoisotopic (exact) mass is 246 g/mol. The topological polar surface area (TPSA) is 46.3 Å². The number of nitrogens with two attached hydrogens (primary N) is 1. The summed E-state index contributed by atoms with van der Waals surface area (Å²) < 4.78 is 0. The number of hydrogen-bond donors (Lipinski definition) is 1. The molecule has 0 aliphatic carbocycles. The maximum atomic E-state index is 12.4. The quantitative estimate of drug-likeness (QED) is 0.886. The molecule has 0 saturated heterocycles. The number of fused-ring (bicyclic) bond motifs is 1. The highest BCUT2D eigenvalue weighted by atomic mass is 16.2. The second-order valence-corrected chi connectivity index (χ2v) is 4.99. The third-order valence-electron chi connectivity index (χ3n) is 3.79. The van der Waals surface area contributed by atoms with Gasteiger partial charge in [0.05, 0.1) is 0 Å². The third-order valence-corrected chi connectivity index (χ3v) is 3.79. The molecule has 1 amide bonds. The number of hydrogen-bond acceptors (Lipinski definition) is 2. The number of para-hydroxylation sites is 1. The van der Waals surface area contributed by atoms with Crippen LogP contribution in [0.2, 0.25) is 0 Å². The van der Waals surface area contributed by atoms with Crippen molar-refractivity contribution in [2.24, 2.45) is 11.7 Å². The molecule has 3 heteroatoms. The molecular weight excluding hydrogens is 224 g/mol. The van der Waals surface area contributed by atoms with E-state index in [1.54, 1.807) is 0 Å². The van der Waals surface area contributed by atoms with Crippen molar-refractivity contribution in [3.05, 3.63) is 29.8 Å². The van der Waals surface area contributed by atoms with Gasteiger partial charge in [0, 0.05) is 18.7 Å². The summed E-state index contributed by atoms with van der Waals surface area (Å²) in [5.74, 6) is 0.533. The molecule has 0 spiro atoms. The number of rotatable bonds is 4. The Balaban J connectivity index is 2.12. The van der Waals surface area contributed by atoms with E-state index in [2.05, 4.69) is 19.1 Å². The molecular formula is C15H22N2O. The van der Waals surface area contributed by atoms with E-state index in [1.807, 2.05) is 17.0 Å². The summed E-state index contributed by atoms with van der Waals surface area (Å²) in [7, 11) is 0. The Morgan fingerprint density at radius 3 is 2.94 bits per heavy atom. The van der Waals surface area contributed by atoms with Gasteiger partial charge in [-0.05, 0) is 36.9 Å². The van der Waals surface area contributed by atoms with E-state index in [4.69, 9.17) is 5.73 Å². The van der Waals surface area contributed by atoms with Crippen LogP contribution >= 0.6 is 0 Å². The fraction of sp³-hybridized carbons (Fsp3) is 0.533. The predicted molar refractivity (Wildman–Crippen MR) is 74.6 cm³/mol. The first-order chi connectivity index (χ1) is 8.76. The lowest BCUT2D eigenvalue weighted by Crippen LogP contribution is -2.37. The minimum atomic E-state index is 0.222. The Labute approximate surface area is 109 Å². The lowest BCUT2D eigenvalue weighted by molar-refractivity contribution is -0.119. The van der Waals surface area contributed by atoms with Gasteiger partial charge in [-0.2, -0.15) is 0 Å². The second kappa shape index (κ2) is 6.01. The molecule has 98 valence electrons. The van der Waals surface area contributed by atoms with E-state index in [9.17, 15) is 4.79 Å². The molecule has 1 aromatic carbocycles. The van der Waals surface area contributed by atoms with Gasteiger partial charge in [0.15, 0.2) is 0 Å². The standard InChI is InChI=1S/C15H22N2O/c1-2-12(11-16)10-15(18)17-9-5-7-13-6-3-4-8-14(13)17/h3-4,6,8,12H,2,5,7,9-11,16H2,1H3. The molecule has 1 aromatic rings. The maximum absolute atomic E-state index is 12.4. The number of nitrogens with zero attached hydrogens (tertiary/aromatic N) is 1. The number of carbonyl (C=O) groups is 1. The maximum Gasteiger partial charge on any atom is 0.227 e. The molecule has 2 N–H and O–H groups in total. The van der Waals surface area contributed by atoms with Crippen molar-refractivity contribution in [2.45, 2.75) is 32.6 Å². The van der Waals surface area contributed by atoms with Gasteiger partial charge in [-0.25, -0.2) is 0 Å². The summed E-state index contributed by atoms with van der Waals surface area (Å²) in [4.78, 5) is 14.3. The molecule has 3 nitrogen and oxygen atoms in total. The van der Waals surface area contributed by atoms with Crippen LogP contribution in [0.1, 0.15) is 31.7 Å². The van der Waals surface area contributed by atoms with E-state index < -0.39 is 0 Å². The molecule has 18 heavy (non-hydrogen) atoms. The molecule has 0 aromatic heterocycles. The van der Waals surface area contributed by atoms with E-state index in [1.165, 1.54) is 5.56 Å². The minimum Gasteiger partial charge on any atom is -0.330 e. The zero-order chi connectivity index (χ0) is 13.0. The molecule has 1 unspecified atom stereocenters. The molecule has 0 radical (unpaired) electrons. The summed E-state index contributed by atoms with van der Waals surface area (Å²) in [6.45, 7) is 3.53. The first kappa shape index (κ1) is 13.1. The zero-order valence-corrected chi connectivity index (χ0v) is 11.1. The predicted octanol–water partition coefficient (Wildman–Crippen LogP) is 2.34. The molecule has 0 fully saturated rings. The van der Waals surface area contributed by atoms with Crippen LogP contribution in [-0.4, -0.2) is 19.0 Å². The van der Waals surface area contributed by atoms with Gasteiger partial charge in [0.25, 0.3) is 0 Å². The lowest BCUT2D eigenvalue weighted by atomic mass is 9.98. The first-order valence-corrected chi connectivity index (χ1v) is 6.84. The number of anilines is 1. The first-order valence-electron chi connectivity index (χ1n) is 6.84. The third kappa shape index (κ3) is 2.72. The van der Waals surface area contributed by atoms with Crippen molar-refractivity contribution >= 4 is 11.6 Å². The SMILES string of the molecule is CCC(CN)CC(=O)N1CCCc2ccccc21. The lowest BCUT2D eigenvalue weighted by Gasteiger charge is -2.30. The highest BCUT2D eigenvalue weighted by Crippen LogP contribution is 2.27. The number of carbonyl (C=O) groups excluding carboxylic acids is 1. The van der Waals surface area contributed by atoms with Crippen molar-refractivity contribution in [2.75, 3.05) is 18.0 Å². The van der Waals surface area contributed by atoms with Gasteiger partial charge in [0.1, 0.15) is 0 Å². The van der Waals surface area contributed by atoms with Crippen LogP contribution in [0.5, 0.6) is 0 Å². The van der Waals surface area contributed by atoms with E-state index in [0.29, 0.717) is 18.9 Å². The van der Waals surface area contributed by atoms with Crippen LogP contribution in [0, 0.1) is 5.92 Å². The Kier molecular flexibility index (Phi) is 4.37. The van der Waals surface area contributed by atoms with Crippen molar-refractivity contribution in [1.82, 2.24) is 0 Å². The van der Waals surface area contributed by atoms with Crippen molar-refractivity contribution < 1.29 is 4.79 Å². The Morgan fingerprint density at radius 1 is 1.44 bits per heavy atom. The van der Waals surface area contributed by atoms with Crippen molar-refractivity contribution in [3.8, 4) is 0 Å². The van der Waals surface area contributed by atoms with Gasteiger partial charge < -0.3 is 10.6 Å². The van der Waals surface area contributed by atoms with Gasteiger partial charge in [-0.15, -0.1) is 0 Å². The largest absolute Gasteiger partial charge is 0.330 e. The summed E-state index contributed by atoms with van der Waals surface area (Å²) in [5.41, 5.74) is 8.07. The fourth-order valence-electron chi connectivity index (χ4n) is 2.54. The molecule has 1 atom stereocenters. The van der Waals surface area contributed by atoms with Gasteiger partial charge in [0.2, 0.25) is 5.91 Å². The van der Waals surface area contributed by atoms with E-state index in [0.717, 1.165) is 31.5 Å². The van der Waals surface area contributed by atoms with Crippen molar-refractivity contribution in [1.29, 1.82) is 0 Å². The smallest absolute Gasteiger partial charge is 0.227 e. The summed E-state index contributed by atoms with van der Waals surface area (Å²) in [5, 5.41) is 0. The molecule has 1 heterocycles. The highest BCUT2D eigenvalue weighted by Gasteiger charge is 2.23. The average molecular weight is 246 g/mol. The Hall–Kier alpha value is -1.35. The highest BCUT2D eigenvalue weighted by molar-refractivity contribution is 5.94. The number of aryl methyl sites for hydroxylation is 1. The van der Waals surface area contributed by atoms with Crippen molar-refractivity contribution in [3.63, 3.8) is 0 Å². The second-order valence-electron chi connectivity index (χ2n) is 4.99. The number of benzene rings is 1. The average Bonchev–Trinajstić information content (AvgIpc) is 2.43. The molecule has 0 bridgehead atoms. The van der Waals surface area contributed by atoms with E-state index in [-0.39, 0.29) is 5.91 Å².